The number of nitrogens with one attached hydrogen (secondary N) is 2. The predicted octanol–water partition coefficient (Wildman–Crippen LogP) is 4.06. The summed E-state index contributed by atoms with van der Waals surface area (Å²) in [5.74, 6) is 2.72. The van der Waals surface area contributed by atoms with Crippen LogP contribution in [0.2, 0.25) is 0 Å². The Labute approximate surface area is 163 Å². The first-order valence-electron chi connectivity index (χ1n) is 9.16. The highest BCUT2D eigenvalue weighted by Gasteiger charge is 2.14. The number of hydrogen-bond acceptors (Lipinski definition) is 7. The fraction of sp³-hybridized carbons (Fsp3) is 0.238. The second kappa shape index (κ2) is 8.58. The van der Waals surface area contributed by atoms with E-state index in [1.165, 1.54) is 0 Å². The van der Waals surface area contributed by atoms with E-state index >= 15 is 0 Å². The molecule has 7 nitrogen and oxygen atoms in total. The number of anilines is 3. The van der Waals surface area contributed by atoms with Crippen molar-refractivity contribution in [1.82, 2.24) is 9.97 Å². The third-order valence-electron chi connectivity index (χ3n) is 4.26. The van der Waals surface area contributed by atoms with Crippen LogP contribution in [-0.4, -0.2) is 37.0 Å². The van der Waals surface area contributed by atoms with Crippen molar-refractivity contribution in [3.63, 3.8) is 0 Å². The molecule has 2 heterocycles. The van der Waals surface area contributed by atoms with Gasteiger partial charge in [0.25, 0.3) is 0 Å². The highest BCUT2D eigenvalue weighted by molar-refractivity contribution is 5.67. The largest absolute Gasteiger partial charge is 0.454 e. The lowest BCUT2D eigenvalue weighted by Gasteiger charge is -2.12. The van der Waals surface area contributed by atoms with Crippen LogP contribution in [0, 0.1) is 0 Å². The first-order chi connectivity index (χ1) is 13.8. The van der Waals surface area contributed by atoms with Gasteiger partial charge < -0.3 is 24.8 Å². The van der Waals surface area contributed by atoms with Crippen LogP contribution in [0.3, 0.4) is 0 Å². The third kappa shape index (κ3) is 4.32. The zero-order chi connectivity index (χ0) is 19.2. The zero-order valence-corrected chi connectivity index (χ0v) is 15.6. The molecule has 1 aliphatic rings. The molecule has 0 aliphatic carbocycles. The van der Waals surface area contributed by atoms with Gasteiger partial charge in [0.05, 0.1) is 5.69 Å². The summed E-state index contributed by atoms with van der Waals surface area (Å²) in [5, 5.41) is 6.60. The van der Waals surface area contributed by atoms with Crippen molar-refractivity contribution in [2.75, 3.05) is 37.7 Å². The summed E-state index contributed by atoms with van der Waals surface area (Å²) in [6.45, 7) is 1.71. The lowest BCUT2D eigenvalue weighted by atomic mass is 10.1. The van der Waals surface area contributed by atoms with E-state index in [9.17, 15) is 0 Å². The highest BCUT2D eigenvalue weighted by atomic mass is 16.7. The van der Waals surface area contributed by atoms with E-state index in [4.69, 9.17) is 14.2 Å². The fourth-order valence-electron chi connectivity index (χ4n) is 2.89. The number of fused-ring (bicyclic) bond motifs is 1. The number of benzene rings is 2. The molecule has 1 aliphatic heterocycles. The van der Waals surface area contributed by atoms with Crippen LogP contribution >= 0.6 is 0 Å². The predicted molar refractivity (Wildman–Crippen MR) is 108 cm³/mol. The summed E-state index contributed by atoms with van der Waals surface area (Å²) in [6, 6.07) is 17.7. The molecule has 3 aromatic rings. The van der Waals surface area contributed by atoms with E-state index in [1.807, 2.05) is 54.6 Å². The normalized spacial score (nSPS) is 12.0. The van der Waals surface area contributed by atoms with Crippen LogP contribution in [-0.2, 0) is 4.74 Å². The molecule has 144 valence electrons. The topological polar surface area (TPSA) is 77.5 Å². The maximum atomic E-state index is 5.44. The van der Waals surface area contributed by atoms with Gasteiger partial charge in [0.1, 0.15) is 5.82 Å². The van der Waals surface area contributed by atoms with Crippen LogP contribution in [0.4, 0.5) is 17.5 Å². The lowest BCUT2D eigenvalue weighted by Crippen LogP contribution is -2.08. The molecule has 0 spiro atoms. The van der Waals surface area contributed by atoms with Crippen molar-refractivity contribution in [3.8, 4) is 22.8 Å². The number of methoxy groups -OCH3 is 1. The van der Waals surface area contributed by atoms with Gasteiger partial charge in [-0.3, -0.25) is 0 Å². The molecule has 0 fully saturated rings. The van der Waals surface area contributed by atoms with Gasteiger partial charge in [0, 0.05) is 43.6 Å². The molecule has 7 heteroatoms. The van der Waals surface area contributed by atoms with E-state index in [2.05, 4.69) is 20.6 Å². The van der Waals surface area contributed by atoms with Gasteiger partial charge in [-0.1, -0.05) is 30.3 Å². The van der Waals surface area contributed by atoms with Crippen molar-refractivity contribution in [1.29, 1.82) is 0 Å². The smallest absolute Gasteiger partial charge is 0.231 e. The van der Waals surface area contributed by atoms with Crippen molar-refractivity contribution in [2.24, 2.45) is 0 Å². The van der Waals surface area contributed by atoms with Crippen LogP contribution < -0.4 is 20.1 Å². The second-order valence-corrected chi connectivity index (χ2v) is 6.29. The number of hydrogen-bond donors (Lipinski definition) is 2. The minimum atomic E-state index is 0.244. The Morgan fingerprint density at radius 2 is 1.86 bits per heavy atom. The third-order valence-corrected chi connectivity index (χ3v) is 4.26. The van der Waals surface area contributed by atoms with Crippen molar-refractivity contribution < 1.29 is 14.2 Å². The molecule has 0 saturated carbocycles. The van der Waals surface area contributed by atoms with Gasteiger partial charge in [0.2, 0.25) is 12.7 Å². The monoisotopic (exact) mass is 378 g/mol. The van der Waals surface area contributed by atoms with Crippen molar-refractivity contribution >= 4 is 17.5 Å². The fourth-order valence-corrected chi connectivity index (χ4v) is 2.89. The van der Waals surface area contributed by atoms with Crippen LogP contribution in [0.25, 0.3) is 11.3 Å². The summed E-state index contributed by atoms with van der Waals surface area (Å²) in [7, 11) is 1.70. The SMILES string of the molecule is COCCCNc1cc(-c2ccccc2)nc(Nc2ccc3c(c2)OCO3)n1. The van der Waals surface area contributed by atoms with Crippen LogP contribution in [0.1, 0.15) is 6.42 Å². The second-order valence-electron chi connectivity index (χ2n) is 6.29. The van der Waals surface area contributed by atoms with Crippen LogP contribution in [0.5, 0.6) is 11.5 Å². The molecule has 0 atom stereocenters. The summed E-state index contributed by atoms with van der Waals surface area (Å²) in [5.41, 5.74) is 2.70. The Balaban J connectivity index is 1.59. The van der Waals surface area contributed by atoms with Gasteiger partial charge in [-0.05, 0) is 18.6 Å². The van der Waals surface area contributed by atoms with E-state index in [0.29, 0.717) is 18.3 Å². The maximum absolute atomic E-state index is 5.44. The van der Waals surface area contributed by atoms with Crippen LogP contribution in [0.15, 0.2) is 54.6 Å². The number of rotatable bonds is 8. The first kappa shape index (κ1) is 18.1. The summed E-state index contributed by atoms with van der Waals surface area (Å²) >= 11 is 0. The summed E-state index contributed by atoms with van der Waals surface area (Å²) < 4.78 is 15.9. The average molecular weight is 378 g/mol. The average Bonchev–Trinajstić information content (AvgIpc) is 3.20. The minimum absolute atomic E-state index is 0.244. The Morgan fingerprint density at radius 3 is 2.71 bits per heavy atom. The Morgan fingerprint density at radius 1 is 1.00 bits per heavy atom. The molecule has 2 aromatic carbocycles. The van der Waals surface area contributed by atoms with Gasteiger partial charge in [0.15, 0.2) is 11.5 Å². The summed E-state index contributed by atoms with van der Waals surface area (Å²) in [6.07, 6.45) is 0.895. The molecule has 0 unspecified atom stereocenters. The van der Waals surface area contributed by atoms with Gasteiger partial charge >= 0.3 is 0 Å². The molecule has 0 amide bonds. The molecule has 0 bridgehead atoms. The van der Waals surface area contributed by atoms with Crippen molar-refractivity contribution in [3.05, 3.63) is 54.6 Å². The molecule has 0 saturated heterocycles. The number of aromatic nitrogens is 2. The standard InChI is InChI=1S/C21H22N4O3/c1-26-11-5-10-22-20-13-17(15-6-3-2-4-7-15)24-21(25-20)23-16-8-9-18-19(12-16)28-14-27-18/h2-4,6-9,12-13H,5,10-11,14H2,1H3,(H2,22,23,24,25). The molecule has 0 radical (unpaired) electrons. The zero-order valence-electron chi connectivity index (χ0n) is 15.6. The quantitative estimate of drug-likeness (QED) is 0.572. The van der Waals surface area contributed by atoms with Gasteiger partial charge in [-0.2, -0.15) is 4.98 Å². The van der Waals surface area contributed by atoms with E-state index in [0.717, 1.165) is 41.5 Å². The number of ether oxygens (including phenoxy) is 3. The van der Waals surface area contributed by atoms with Crippen molar-refractivity contribution in [2.45, 2.75) is 6.42 Å². The molecular weight excluding hydrogens is 356 g/mol. The summed E-state index contributed by atoms with van der Waals surface area (Å²) in [4.78, 5) is 9.28. The minimum Gasteiger partial charge on any atom is -0.454 e. The number of nitrogens with zero attached hydrogens (tertiary/aromatic N) is 2. The molecule has 1 aromatic heterocycles. The van der Waals surface area contributed by atoms with E-state index in [1.54, 1.807) is 7.11 Å². The maximum Gasteiger partial charge on any atom is 0.231 e. The molecule has 2 N–H and O–H groups in total. The molecule has 28 heavy (non-hydrogen) atoms. The first-order valence-corrected chi connectivity index (χ1v) is 9.16. The van der Waals surface area contributed by atoms with Gasteiger partial charge in [-0.25, -0.2) is 4.98 Å². The Hall–Kier alpha value is -3.32. The highest BCUT2D eigenvalue weighted by Crippen LogP contribution is 2.35. The molecule has 4 rings (SSSR count). The van der Waals surface area contributed by atoms with Gasteiger partial charge in [-0.15, -0.1) is 0 Å². The van der Waals surface area contributed by atoms with E-state index < -0.39 is 0 Å². The van der Waals surface area contributed by atoms with E-state index in [-0.39, 0.29) is 6.79 Å². The molecular formula is C21H22N4O3. The Bertz CT molecular complexity index is 934. The Kier molecular flexibility index (Phi) is 5.53. The lowest BCUT2D eigenvalue weighted by molar-refractivity contribution is 0.174.